The summed E-state index contributed by atoms with van der Waals surface area (Å²) >= 11 is 0. The second-order valence-electron chi connectivity index (χ2n) is 5.28. The van der Waals surface area contributed by atoms with Crippen molar-refractivity contribution in [3.63, 3.8) is 0 Å². The Hall–Kier alpha value is -2.64. The lowest BCUT2D eigenvalue weighted by molar-refractivity contribution is -0.166. The topological polar surface area (TPSA) is 77.8 Å². The van der Waals surface area contributed by atoms with E-state index in [9.17, 15) is 23.5 Å². The number of hydrogen-bond donors (Lipinski definition) is 2. The first kappa shape index (κ1) is 17.7. The Balaban J connectivity index is 2.52. The van der Waals surface area contributed by atoms with E-state index in [4.69, 9.17) is 5.21 Å². The van der Waals surface area contributed by atoms with E-state index < -0.39 is 35.3 Å². The first-order valence-corrected chi connectivity index (χ1v) is 6.99. The van der Waals surface area contributed by atoms with Gasteiger partial charge in [-0.15, -0.1) is 0 Å². The molecule has 0 aromatic heterocycles. The maximum absolute atomic E-state index is 13.6. The van der Waals surface area contributed by atoms with E-state index in [-0.39, 0.29) is 16.2 Å². The Kier molecular flexibility index (Phi) is 5.06. The van der Waals surface area contributed by atoms with Crippen LogP contribution in [0.25, 0.3) is 0 Å². The molecule has 1 unspecified atom stereocenters. The molecular formula is C17H15F2NO4. The number of Topliss-reactive ketones (excluding diaryl/α,β-unsaturated/α-hetero) is 1. The average molecular weight is 335 g/mol. The van der Waals surface area contributed by atoms with Crippen LogP contribution in [-0.4, -0.2) is 34.1 Å². The summed E-state index contributed by atoms with van der Waals surface area (Å²) in [5.74, 6) is -4.62. The van der Waals surface area contributed by atoms with E-state index in [1.165, 1.54) is 12.1 Å². The van der Waals surface area contributed by atoms with Gasteiger partial charge in [0, 0.05) is 7.05 Å². The van der Waals surface area contributed by atoms with Crippen molar-refractivity contribution < 1.29 is 28.7 Å². The molecule has 0 spiro atoms. The van der Waals surface area contributed by atoms with Crippen LogP contribution in [0, 0.1) is 11.6 Å². The van der Waals surface area contributed by atoms with E-state index in [1.54, 1.807) is 18.2 Å². The van der Waals surface area contributed by atoms with Crippen molar-refractivity contribution in [2.24, 2.45) is 0 Å². The molecule has 1 atom stereocenters. The maximum atomic E-state index is 13.6. The normalized spacial score (nSPS) is 13.2. The molecule has 0 aliphatic carbocycles. The number of likely N-dealkylation sites (N-methyl/N-ethyl adjacent to an activating group) is 1. The minimum Gasteiger partial charge on any atom is -0.380 e. The number of carbonyl (C=O) groups is 2. The van der Waals surface area contributed by atoms with Crippen molar-refractivity contribution in [1.29, 1.82) is 0 Å². The molecule has 126 valence electrons. The molecule has 0 aliphatic heterocycles. The van der Waals surface area contributed by atoms with Crippen LogP contribution in [0.5, 0.6) is 0 Å². The van der Waals surface area contributed by atoms with Crippen LogP contribution in [0.2, 0.25) is 0 Å². The highest BCUT2D eigenvalue weighted by Crippen LogP contribution is 2.34. The van der Waals surface area contributed by atoms with Crippen LogP contribution in [0.4, 0.5) is 8.78 Å². The van der Waals surface area contributed by atoms with Gasteiger partial charge in [0.2, 0.25) is 5.78 Å². The van der Waals surface area contributed by atoms with Crippen molar-refractivity contribution in [2.45, 2.75) is 12.0 Å². The second-order valence-corrected chi connectivity index (χ2v) is 5.28. The zero-order valence-corrected chi connectivity index (χ0v) is 12.7. The Labute approximate surface area is 136 Å². The highest BCUT2D eigenvalue weighted by atomic mass is 19.2. The number of hydroxylamine groups is 2. The fourth-order valence-electron chi connectivity index (χ4n) is 2.33. The van der Waals surface area contributed by atoms with E-state index in [0.717, 1.165) is 25.2 Å². The molecule has 0 saturated carbocycles. The lowest BCUT2D eigenvalue weighted by Gasteiger charge is -2.29. The van der Waals surface area contributed by atoms with Gasteiger partial charge in [-0.25, -0.2) is 13.8 Å². The molecule has 5 nitrogen and oxygen atoms in total. The molecule has 7 heteroatoms. The summed E-state index contributed by atoms with van der Waals surface area (Å²) in [6, 6.07) is 10.5. The lowest BCUT2D eigenvalue weighted by atomic mass is 9.82. The van der Waals surface area contributed by atoms with Crippen molar-refractivity contribution in [3.8, 4) is 0 Å². The predicted molar refractivity (Wildman–Crippen MR) is 80.0 cm³/mol. The number of halogens is 2. The van der Waals surface area contributed by atoms with E-state index >= 15 is 0 Å². The molecule has 2 N–H and O–H groups in total. The number of benzene rings is 2. The maximum Gasteiger partial charge on any atom is 0.313 e. The molecule has 24 heavy (non-hydrogen) atoms. The monoisotopic (exact) mass is 335 g/mol. The molecule has 2 rings (SSSR count). The highest BCUT2D eigenvalue weighted by molar-refractivity contribution is 6.35. The minimum atomic E-state index is -2.06. The van der Waals surface area contributed by atoms with Gasteiger partial charge in [0.05, 0.1) is 6.42 Å². The quantitative estimate of drug-likeness (QED) is 0.498. The zero-order valence-electron chi connectivity index (χ0n) is 12.7. The molecule has 2 aromatic rings. The fourth-order valence-corrected chi connectivity index (χ4v) is 2.33. The van der Waals surface area contributed by atoms with Gasteiger partial charge in [-0.3, -0.25) is 14.8 Å². The molecule has 1 amide bonds. The van der Waals surface area contributed by atoms with Crippen molar-refractivity contribution in [3.05, 3.63) is 71.3 Å². The predicted octanol–water partition coefficient (Wildman–Crippen LogP) is 2.01. The van der Waals surface area contributed by atoms with Crippen LogP contribution in [-0.2, 0) is 15.2 Å². The second kappa shape index (κ2) is 6.86. The third kappa shape index (κ3) is 3.47. The number of amides is 1. The molecule has 0 radical (unpaired) electrons. The lowest BCUT2D eigenvalue weighted by Crippen LogP contribution is -2.37. The average Bonchev–Trinajstić information content (AvgIpc) is 2.57. The van der Waals surface area contributed by atoms with Crippen LogP contribution in [0.3, 0.4) is 0 Å². The summed E-state index contributed by atoms with van der Waals surface area (Å²) in [6.45, 7) is 0. The highest BCUT2D eigenvalue weighted by Gasteiger charge is 2.37. The Bertz CT molecular complexity index is 764. The first-order valence-electron chi connectivity index (χ1n) is 6.99. The summed E-state index contributed by atoms with van der Waals surface area (Å²) in [5.41, 5.74) is -1.93. The van der Waals surface area contributed by atoms with E-state index in [2.05, 4.69) is 0 Å². The number of carbonyl (C=O) groups excluding carboxylic acids is 2. The number of rotatable bonds is 5. The van der Waals surface area contributed by atoms with Gasteiger partial charge in [0.1, 0.15) is 5.60 Å². The number of hydrogen-bond acceptors (Lipinski definition) is 4. The van der Waals surface area contributed by atoms with Gasteiger partial charge in [-0.05, 0) is 23.3 Å². The van der Waals surface area contributed by atoms with Gasteiger partial charge in [0.25, 0.3) is 0 Å². The third-order valence-electron chi connectivity index (χ3n) is 3.60. The molecule has 0 heterocycles. The Morgan fingerprint density at radius 1 is 1.04 bits per heavy atom. The summed E-state index contributed by atoms with van der Waals surface area (Å²) in [4.78, 5) is 23.6. The Morgan fingerprint density at radius 2 is 1.67 bits per heavy atom. The molecular weight excluding hydrogens is 320 g/mol. The summed E-state index contributed by atoms with van der Waals surface area (Å²) < 4.78 is 26.7. The molecule has 0 saturated heterocycles. The van der Waals surface area contributed by atoms with Crippen molar-refractivity contribution in [1.82, 2.24) is 5.06 Å². The fraction of sp³-hybridized carbons (Fsp3) is 0.176. The molecule has 0 aliphatic rings. The van der Waals surface area contributed by atoms with Gasteiger partial charge in [-0.1, -0.05) is 36.4 Å². The standard InChI is InChI=1S/C17H15F2NO4/c1-20(24)16(22)15(21)10-17(23,11-5-3-2-4-6-11)12-7-8-13(18)14(19)9-12/h2-9,23-24H,10H2,1H3. The minimum absolute atomic E-state index is 0.0886. The Morgan fingerprint density at radius 3 is 2.21 bits per heavy atom. The van der Waals surface area contributed by atoms with Crippen LogP contribution in [0.1, 0.15) is 17.5 Å². The number of ketones is 1. The third-order valence-corrected chi connectivity index (χ3v) is 3.60. The number of nitrogens with zero attached hydrogens (tertiary/aromatic N) is 1. The van der Waals surface area contributed by atoms with Gasteiger partial charge >= 0.3 is 5.91 Å². The van der Waals surface area contributed by atoms with Gasteiger partial charge < -0.3 is 5.11 Å². The van der Waals surface area contributed by atoms with Crippen LogP contribution < -0.4 is 0 Å². The largest absolute Gasteiger partial charge is 0.380 e. The zero-order chi connectivity index (χ0) is 17.9. The first-order chi connectivity index (χ1) is 11.3. The SMILES string of the molecule is CN(O)C(=O)C(=O)CC(O)(c1ccccc1)c1ccc(F)c(F)c1. The molecule has 0 bridgehead atoms. The van der Waals surface area contributed by atoms with E-state index in [1.807, 2.05) is 0 Å². The number of aliphatic hydroxyl groups is 1. The van der Waals surface area contributed by atoms with Crippen LogP contribution >= 0.6 is 0 Å². The summed E-state index contributed by atoms with van der Waals surface area (Å²) in [5, 5.41) is 20.2. The van der Waals surface area contributed by atoms with Gasteiger partial charge in [0.15, 0.2) is 11.6 Å². The van der Waals surface area contributed by atoms with Crippen LogP contribution in [0.15, 0.2) is 48.5 Å². The van der Waals surface area contributed by atoms with E-state index in [0.29, 0.717) is 0 Å². The molecule has 0 fully saturated rings. The smallest absolute Gasteiger partial charge is 0.313 e. The van der Waals surface area contributed by atoms with Gasteiger partial charge in [-0.2, -0.15) is 0 Å². The van der Waals surface area contributed by atoms with Crippen molar-refractivity contribution >= 4 is 11.7 Å². The summed E-state index contributed by atoms with van der Waals surface area (Å²) in [7, 11) is 0.972. The molecule has 2 aromatic carbocycles. The summed E-state index contributed by atoms with van der Waals surface area (Å²) in [6.07, 6.45) is -0.744. The van der Waals surface area contributed by atoms with Crippen molar-refractivity contribution in [2.75, 3.05) is 7.05 Å².